The average molecular weight is 365 g/mol. The molecule has 0 unspecified atom stereocenters. The third kappa shape index (κ3) is 5.86. The number of esters is 1. The van der Waals surface area contributed by atoms with Crippen molar-refractivity contribution in [3.05, 3.63) is 59.7 Å². The van der Waals surface area contributed by atoms with Crippen LogP contribution in [0.5, 0.6) is 0 Å². The Morgan fingerprint density at radius 2 is 1.84 bits per heavy atom. The van der Waals surface area contributed by atoms with E-state index < -0.39 is 29.6 Å². The number of rotatable bonds is 6. The first kappa shape index (κ1) is 18.9. The standard InChI is InChI=1S/C18H17F2NO3S/c1-11-3-6-14(7-4-11)21-18(23)12(2)24-17(22)10-25-16-9-13(19)5-8-15(16)20/h3-9,12H,10H2,1-2H3,(H,21,23)/t12-/m1/s1. The van der Waals surface area contributed by atoms with E-state index in [-0.39, 0.29) is 10.6 Å². The fourth-order valence-electron chi connectivity index (χ4n) is 1.89. The Morgan fingerprint density at radius 1 is 1.16 bits per heavy atom. The van der Waals surface area contributed by atoms with Gasteiger partial charge >= 0.3 is 5.97 Å². The first-order valence-corrected chi connectivity index (χ1v) is 8.48. The Morgan fingerprint density at radius 3 is 2.52 bits per heavy atom. The van der Waals surface area contributed by atoms with Crippen LogP contribution in [0.1, 0.15) is 12.5 Å². The van der Waals surface area contributed by atoms with Gasteiger partial charge in [0, 0.05) is 10.6 Å². The summed E-state index contributed by atoms with van der Waals surface area (Å²) in [4.78, 5) is 23.8. The summed E-state index contributed by atoms with van der Waals surface area (Å²) < 4.78 is 31.6. The Labute approximate surface area is 148 Å². The fraction of sp³-hybridized carbons (Fsp3) is 0.222. The Kier molecular flexibility index (Phi) is 6.52. The van der Waals surface area contributed by atoms with Crippen LogP contribution in [0.4, 0.5) is 14.5 Å². The van der Waals surface area contributed by atoms with Crippen molar-refractivity contribution in [2.45, 2.75) is 24.8 Å². The molecule has 0 aliphatic rings. The lowest BCUT2D eigenvalue weighted by Gasteiger charge is -2.13. The molecule has 0 radical (unpaired) electrons. The van der Waals surface area contributed by atoms with E-state index in [0.29, 0.717) is 5.69 Å². The molecule has 0 aromatic heterocycles. The van der Waals surface area contributed by atoms with Gasteiger partial charge in [-0.25, -0.2) is 8.78 Å². The minimum Gasteiger partial charge on any atom is -0.452 e. The number of carbonyl (C=O) groups is 2. The van der Waals surface area contributed by atoms with E-state index >= 15 is 0 Å². The van der Waals surface area contributed by atoms with Crippen LogP contribution in [0.2, 0.25) is 0 Å². The average Bonchev–Trinajstić information content (AvgIpc) is 2.57. The second kappa shape index (κ2) is 8.62. The normalized spacial score (nSPS) is 11.7. The summed E-state index contributed by atoms with van der Waals surface area (Å²) >= 11 is 0.807. The second-order valence-electron chi connectivity index (χ2n) is 5.35. The third-order valence-corrected chi connectivity index (χ3v) is 4.24. The summed E-state index contributed by atoms with van der Waals surface area (Å²) in [5.41, 5.74) is 1.65. The number of hydrogen-bond acceptors (Lipinski definition) is 4. The fourth-order valence-corrected chi connectivity index (χ4v) is 2.63. The van der Waals surface area contributed by atoms with E-state index in [1.165, 1.54) is 6.92 Å². The number of halogens is 2. The monoisotopic (exact) mass is 365 g/mol. The van der Waals surface area contributed by atoms with E-state index in [1.807, 2.05) is 19.1 Å². The number of ether oxygens (including phenoxy) is 1. The van der Waals surface area contributed by atoms with Crippen molar-refractivity contribution >= 4 is 29.3 Å². The summed E-state index contributed by atoms with van der Waals surface area (Å²) in [6.45, 7) is 3.37. The van der Waals surface area contributed by atoms with Gasteiger partial charge in [0.25, 0.3) is 5.91 Å². The predicted octanol–water partition coefficient (Wildman–Crippen LogP) is 3.94. The molecule has 4 nitrogen and oxygen atoms in total. The lowest BCUT2D eigenvalue weighted by Crippen LogP contribution is -2.30. The number of nitrogens with one attached hydrogen (secondary N) is 1. The van der Waals surface area contributed by atoms with Gasteiger partial charge in [-0.1, -0.05) is 17.7 Å². The van der Waals surface area contributed by atoms with Crippen LogP contribution < -0.4 is 5.32 Å². The Balaban J connectivity index is 1.83. The molecule has 2 aromatic carbocycles. The maximum Gasteiger partial charge on any atom is 0.317 e. The molecule has 25 heavy (non-hydrogen) atoms. The third-order valence-electron chi connectivity index (χ3n) is 3.24. The summed E-state index contributed by atoms with van der Waals surface area (Å²) in [6.07, 6.45) is -1.01. The highest BCUT2D eigenvalue weighted by Gasteiger charge is 2.18. The summed E-state index contributed by atoms with van der Waals surface area (Å²) in [7, 11) is 0. The highest BCUT2D eigenvalue weighted by molar-refractivity contribution is 8.00. The van der Waals surface area contributed by atoms with Crippen molar-refractivity contribution < 1.29 is 23.1 Å². The number of hydrogen-bond donors (Lipinski definition) is 1. The molecule has 0 fully saturated rings. The van der Waals surface area contributed by atoms with Crippen molar-refractivity contribution in [1.29, 1.82) is 0 Å². The number of benzene rings is 2. The Bertz CT molecular complexity index is 765. The van der Waals surface area contributed by atoms with Crippen molar-refractivity contribution in [2.75, 3.05) is 11.1 Å². The zero-order valence-corrected chi connectivity index (χ0v) is 14.5. The minimum atomic E-state index is -1.01. The molecule has 0 bridgehead atoms. The molecule has 7 heteroatoms. The van der Waals surface area contributed by atoms with Crippen LogP contribution in [0.15, 0.2) is 47.4 Å². The number of thioether (sulfide) groups is 1. The van der Waals surface area contributed by atoms with E-state index in [0.717, 1.165) is 35.5 Å². The molecule has 1 atom stereocenters. The van der Waals surface area contributed by atoms with Gasteiger partial charge in [0.15, 0.2) is 6.10 Å². The zero-order valence-electron chi connectivity index (χ0n) is 13.7. The highest BCUT2D eigenvalue weighted by Crippen LogP contribution is 2.22. The van der Waals surface area contributed by atoms with E-state index in [2.05, 4.69) is 5.32 Å². The smallest absolute Gasteiger partial charge is 0.317 e. The molecule has 0 aliphatic heterocycles. The van der Waals surface area contributed by atoms with Crippen LogP contribution in [0.3, 0.4) is 0 Å². The summed E-state index contributed by atoms with van der Waals surface area (Å²) in [6, 6.07) is 10.2. The molecule has 0 spiro atoms. The first-order chi connectivity index (χ1) is 11.8. The van der Waals surface area contributed by atoms with Crippen LogP contribution >= 0.6 is 11.8 Å². The molecule has 1 amide bonds. The summed E-state index contributed by atoms with van der Waals surface area (Å²) in [5.74, 6) is -2.62. The molecule has 0 saturated carbocycles. The van der Waals surface area contributed by atoms with Gasteiger partial charge in [-0.3, -0.25) is 9.59 Å². The van der Waals surface area contributed by atoms with Gasteiger partial charge in [0.05, 0.1) is 5.75 Å². The topological polar surface area (TPSA) is 55.4 Å². The number of amides is 1. The molecular formula is C18H17F2NO3S. The van der Waals surface area contributed by atoms with Crippen LogP contribution in [-0.4, -0.2) is 23.7 Å². The molecule has 0 heterocycles. The largest absolute Gasteiger partial charge is 0.452 e. The molecule has 0 aliphatic carbocycles. The quantitative estimate of drug-likeness (QED) is 0.622. The van der Waals surface area contributed by atoms with Crippen molar-refractivity contribution in [3.8, 4) is 0 Å². The SMILES string of the molecule is Cc1ccc(NC(=O)[C@@H](C)OC(=O)CSc2cc(F)ccc2F)cc1. The lowest BCUT2D eigenvalue weighted by molar-refractivity contribution is -0.150. The van der Waals surface area contributed by atoms with Gasteiger partial charge in [0.2, 0.25) is 0 Å². The van der Waals surface area contributed by atoms with Crippen LogP contribution in [0, 0.1) is 18.6 Å². The van der Waals surface area contributed by atoms with E-state index in [1.54, 1.807) is 12.1 Å². The number of anilines is 1. The van der Waals surface area contributed by atoms with Gasteiger partial charge in [-0.15, -0.1) is 11.8 Å². The Hall–Kier alpha value is -2.41. The molecule has 0 saturated heterocycles. The molecule has 2 rings (SSSR count). The van der Waals surface area contributed by atoms with E-state index in [4.69, 9.17) is 4.74 Å². The maximum atomic E-state index is 13.5. The molecule has 132 valence electrons. The van der Waals surface area contributed by atoms with Crippen molar-refractivity contribution in [1.82, 2.24) is 0 Å². The highest BCUT2D eigenvalue weighted by atomic mass is 32.2. The van der Waals surface area contributed by atoms with Gasteiger partial charge < -0.3 is 10.1 Å². The molecule has 2 aromatic rings. The zero-order chi connectivity index (χ0) is 18.4. The first-order valence-electron chi connectivity index (χ1n) is 7.50. The second-order valence-corrected chi connectivity index (χ2v) is 6.37. The van der Waals surface area contributed by atoms with Crippen LogP contribution in [-0.2, 0) is 14.3 Å². The van der Waals surface area contributed by atoms with Crippen LogP contribution in [0.25, 0.3) is 0 Å². The van der Waals surface area contributed by atoms with Gasteiger partial charge in [0.1, 0.15) is 11.6 Å². The number of carbonyl (C=O) groups excluding carboxylic acids is 2. The molecular weight excluding hydrogens is 348 g/mol. The predicted molar refractivity (Wildman–Crippen MR) is 92.4 cm³/mol. The number of aryl methyl sites for hydroxylation is 1. The van der Waals surface area contributed by atoms with E-state index in [9.17, 15) is 18.4 Å². The van der Waals surface area contributed by atoms with Gasteiger partial charge in [-0.05, 0) is 44.2 Å². The lowest BCUT2D eigenvalue weighted by atomic mass is 10.2. The molecule has 1 N–H and O–H groups in total. The maximum absolute atomic E-state index is 13.5. The van der Waals surface area contributed by atoms with Crippen molar-refractivity contribution in [3.63, 3.8) is 0 Å². The van der Waals surface area contributed by atoms with Crippen molar-refractivity contribution in [2.24, 2.45) is 0 Å². The minimum absolute atomic E-state index is 0.00806. The van der Waals surface area contributed by atoms with Gasteiger partial charge in [-0.2, -0.15) is 0 Å². The summed E-state index contributed by atoms with van der Waals surface area (Å²) in [5, 5.41) is 2.63.